The number of rotatable bonds is 14. The number of ketones is 1. The minimum absolute atomic E-state index is 0.00635. The van der Waals surface area contributed by atoms with E-state index < -0.39 is 52.7 Å². The van der Waals surface area contributed by atoms with Crippen molar-refractivity contribution in [2.24, 2.45) is 29.6 Å². The molecule has 4 saturated heterocycles. The van der Waals surface area contributed by atoms with Crippen molar-refractivity contribution in [3.05, 3.63) is 46.2 Å². The number of hydrogen-bond donors (Lipinski definition) is 2. The third-order valence-electron chi connectivity index (χ3n) is 13.9. The number of fused-ring (bicyclic) bond motifs is 1. The average molecular weight is 1100 g/mol. The van der Waals surface area contributed by atoms with Crippen LogP contribution < -0.4 is 14.8 Å². The SMILES string of the molecule is CC1CC(N(C)C)CC(=O)O1.CC[C@H]1OC(=O)C(C)C[C@H](C)CC(C)(OC)C[C@@H](C)C(=O)C(C)C2C(SCCOc3cc(C(=O)Nc4c(Cl)cncc4Cl)ccc3OC)C(=O)O[C@H]21.O=C(O)CCN1CCOCC1. The first-order valence-electron chi connectivity index (χ1n) is 25.4. The Morgan fingerprint density at radius 1 is 0.932 bits per heavy atom. The highest BCUT2D eigenvalue weighted by atomic mass is 35.5. The molecule has 2 N–H and O–H groups in total. The lowest BCUT2D eigenvalue weighted by atomic mass is 9.75. The lowest BCUT2D eigenvalue weighted by Gasteiger charge is -2.36. The van der Waals surface area contributed by atoms with Crippen molar-refractivity contribution in [2.45, 2.75) is 129 Å². The topological polar surface area (TPSA) is 219 Å². The van der Waals surface area contributed by atoms with Crippen molar-refractivity contribution in [1.29, 1.82) is 0 Å². The van der Waals surface area contributed by atoms with Gasteiger partial charge in [-0.3, -0.25) is 38.7 Å². The molecule has 1 aromatic heterocycles. The Balaban J connectivity index is 0.000000439. The Labute approximate surface area is 450 Å². The summed E-state index contributed by atoms with van der Waals surface area (Å²) >= 11 is 13.7. The predicted octanol–water partition coefficient (Wildman–Crippen LogP) is 8.13. The van der Waals surface area contributed by atoms with Crippen LogP contribution in [0.15, 0.2) is 30.6 Å². The third-order valence-corrected chi connectivity index (χ3v) is 15.7. The summed E-state index contributed by atoms with van der Waals surface area (Å²) in [5.41, 5.74) is -0.0697. The highest BCUT2D eigenvalue weighted by molar-refractivity contribution is 8.00. The van der Waals surface area contributed by atoms with Crippen LogP contribution in [-0.4, -0.2) is 164 Å². The van der Waals surface area contributed by atoms with E-state index in [1.807, 2.05) is 55.6 Å². The Morgan fingerprint density at radius 2 is 1.61 bits per heavy atom. The lowest BCUT2D eigenvalue weighted by molar-refractivity contribution is -0.168. The number of aliphatic carboxylic acids is 1. The number of halogens is 2. The second-order valence-corrected chi connectivity index (χ2v) is 22.2. The number of benzene rings is 1. The molecular formula is C53H78Cl2N4O14S. The molecule has 414 valence electrons. The van der Waals surface area contributed by atoms with E-state index in [4.69, 9.17) is 61.5 Å². The second kappa shape index (κ2) is 29.9. The number of aromatic nitrogens is 1. The molecule has 4 aliphatic rings. The van der Waals surface area contributed by atoms with Crippen molar-refractivity contribution < 1.29 is 67.0 Å². The van der Waals surface area contributed by atoms with E-state index in [-0.39, 0.29) is 75.9 Å². The zero-order chi connectivity index (χ0) is 54.9. The average Bonchev–Trinajstić information content (AvgIpc) is 3.68. The number of amides is 1. The van der Waals surface area contributed by atoms with Crippen molar-refractivity contribution in [3.8, 4) is 11.5 Å². The molecule has 18 nitrogen and oxygen atoms in total. The Morgan fingerprint density at radius 3 is 2.20 bits per heavy atom. The summed E-state index contributed by atoms with van der Waals surface area (Å²) in [6, 6.07) is 5.09. The maximum absolute atomic E-state index is 14.1. The number of hydrogen-bond acceptors (Lipinski definition) is 17. The summed E-state index contributed by atoms with van der Waals surface area (Å²) in [5.74, 6) is -2.69. The Bertz CT molecular complexity index is 2180. The number of cyclic esters (lactones) is 2. The molecule has 2 aromatic rings. The number of carboxylic acid groups (broad SMARTS) is 1. The highest BCUT2D eigenvalue weighted by Crippen LogP contribution is 2.43. The summed E-state index contributed by atoms with van der Waals surface area (Å²) in [4.78, 5) is 83.3. The number of nitrogens with zero attached hydrogens (tertiary/aromatic N) is 3. The van der Waals surface area contributed by atoms with Crippen LogP contribution in [0.2, 0.25) is 10.0 Å². The zero-order valence-corrected chi connectivity index (χ0v) is 47.1. The van der Waals surface area contributed by atoms with Crippen LogP contribution in [0, 0.1) is 29.6 Å². The molecule has 4 fully saturated rings. The van der Waals surface area contributed by atoms with Gasteiger partial charge < -0.3 is 48.5 Å². The molecular weight excluding hydrogens is 1020 g/mol. The molecule has 0 aliphatic carbocycles. The van der Waals surface area contributed by atoms with Crippen LogP contribution in [0.5, 0.6) is 11.5 Å². The van der Waals surface area contributed by atoms with Gasteiger partial charge in [0, 0.05) is 80.7 Å². The smallest absolute Gasteiger partial charge is 0.319 e. The normalized spacial score (nSPS) is 28.9. The van der Waals surface area contributed by atoms with E-state index in [0.29, 0.717) is 61.9 Å². The molecule has 4 aliphatic heterocycles. The van der Waals surface area contributed by atoms with E-state index in [0.717, 1.165) is 32.7 Å². The molecule has 6 rings (SSSR count). The van der Waals surface area contributed by atoms with E-state index in [1.165, 1.54) is 37.3 Å². The van der Waals surface area contributed by atoms with Crippen LogP contribution in [-0.2, 0) is 47.7 Å². The maximum atomic E-state index is 14.1. The monoisotopic (exact) mass is 1100 g/mol. The molecule has 0 radical (unpaired) electrons. The number of ether oxygens (including phenoxy) is 7. The molecule has 74 heavy (non-hydrogen) atoms. The van der Waals surface area contributed by atoms with Crippen molar-refractivity contribution >= 4 is 76.2 Å². The van der Waals surface area contributed by atoms with E-state index in [1.54, 1.807) is 19.2 Å². The first kappa shape index (κ1) is 62.3. The van der Waals surface area contributed by atoms with Gasteiger partial charge in [-0.1, -0.05) is 57.8 Å². The minimum Gasteiger partial charge on any atom is -0.493 e. The van der Waals surface area contributed by atoms with Gasteiger partial charge in [0.05, 0.1) is 67.0 Å². The number of esters is 3. The van der Waals surface area contributed by atoms with Crippen LogP contribution in [0.3, 0.4) is 0 Å². The standard InChI is InChI=1S/C38H50Cl2N2O9S.C8H15NO2.C7H13NO3/c1-9-27-33-30(23(5)32(43)22(4)17-38(6,48-8)16-20(2)14-21(3)36(45)50-27)34(37(46)51-33)52-13-12-49-29-15-24(10-11-28(29)47-7)35(44)42-31-25(39)18-41-19-26(31)40;1-6-4-7(9(2)3)5-8(10)11-6;9-7(10)1-2-8-3-5-11-6-4-8/h10-11,15,18-23,27,30,33-34H,9,12-14,16-17H2,1-8H3,(H,41,42,44);6-7H,4-5H2,1-3H3;1-6H2,(H,9,10)/t20-,21?,22+,23?,27+,30?,33-,34?,38?;;/m0../s1. The summed E-state index contributed by atoms with van der Waals surface area (Å²) in [6.07, 6.45) is 5.29. The lowest BCUT2D eigenvalue weighted by Crippen LogP contribution is -2.44. The fourth-order valence-corrected chi connectivity index (χ4v) is 11.6. The van der Waals surface area contributed by atoms with Crippen LogP contribution in [0.4, 0.5) is 5.69 Å². The summed E-state index contributed by atoms with van der Waals surface area (Å²) in [5, 5.41) is 10.8. The molecule has 1 amide bonds. The Hall–Kier alpha value is -4.24. The van der Waals surface area contributed by atoms with E-state index in [2.05, 4.69) is 27.0 Å². The van der Waals surface area contributed by atoms with Crippen LogP contribution >= 0.6 is 35.0 Å². The number of nitrogens with one attached hydrogen (secondary N) is 1. The quantitative estimate of drug-likeness (QED) is 0.104. The molecule has 11 atom stereocenters. The van der Waals surface area contributed by atoms with Gasteiger partial charge in [-0.25, -0.2) is 0 Å². The highest BCUT2D eigenvalue weighted by Gasteiger charge is 2.53. The first-order chi connectivity index (χ1) is 35.0. The zero-order valence-electron chi connectivity index (χ0n) is 44.8. The second-order valence-electron chi connectivity index (χ2n) is 20.2. The van der Waals surface area contributed by atoms with Gasteiger partial charge in [0.2, 0.25) is 0 Å². The minimum atomic E-state index is -0.787. The number of Topliss-reactive ketones (excluding diaryl/α,β-unsaturated/α-hetero) is 1. The van der Waals surface area contributed by atoms with Gasteiger partial charge in [-0.05, 0) is 77.7 Å². The first-order valence-corrected chi connectivity index (χ1v) is 27.2. The number of carbonyl (C=O) groups excluding carboxylic acids is 5. The number of carboxylic acids is 1. The summed E-state index contributed by atoms with van der Waals surface area (Å²) in [7, 11) is 7.14. The maximum Gasteiger partial charge on any atom is 0.319 e. The van der Waals surface area contributed by atoms with Gasteiger partial charge in [0.1, 0.15) is 29.3 Å². The molecule has 5 heterocycles. The molecule has 0 saturated carbocycles. The van der Waals surface area contributed by atoms with Gasteiger partial charge in [-0.2, -0.15) is 0 Å². The molecule has 1 aromatic carbocycles. The van der Waals surface area contributed by atoms with E-state index in [9.17, 15) is 28.8 Å². The third kappa shape index (κ3) is 18.5. The number of anilines is 1. The van der Waals surface area contributed by atoms with Crippen LogP contribution in [0.25, 0.3) is 0 Å². The predicted molar refractivity (Wildman–Crippen MR) is 283 cm³/mol. The summed E-state index contributed by atoms with van der Waals surface area (Å²) < 4.78 is 39.6. The number of thioether (sulfide) groups is 1. The van der Waals surface area contributed by atoms with Crippen molar-refractivity contribution in [3.63, 3.8) is 0 Å². The number of methoxy groups -OCH3 is 2. The van der Waals surface area contributed by atoms with Gasteiger partial charge in [0.15, 0.2) is 11.5 Å². The molecule has 0 bridgehead atoms. The van der Waals surface area contributed by atoms with Crippen LogP contribution in [0.1, 0.15) is 104 Å². The fraction of sp³-hybridized carbons (Fsp3) is 0.679. The van der Waals surface area contributed by atoms with Crippen molar-refractivity contribution in [2.75, 3.05) is 78.8 Å². The van der Waals surface area contributed by atoms with Gasteiger partial charge in [-0.15, -0.1) is 11.8 Å². The molecule has 7 unspecified atom stereocenters. The summed E-state index contributed by atoms with van der Waals surface area (Å²) in [6.45, 7) is 17.5. The fourth-order valence-electron chi connectivity index (χ4n) is 9.89. The largest absolute Gasteiger partial charge is 0.493 e. The Kier molecular flexibility index (Phi) is 25.2. The van der Waals surface area contributed by atoms with Gasteiger partial charge in [0.25, 0.3) is 5.91 Å². The van der Waals surface area contributed by atoms with E-state index >= 15 is 0 Å². The number of morpholine rings is 1. The number of pyridine rings is 1. The van der Waals surface area contributed by atoms with Gasteiger partial charge >= 0.3 is 23.9 Å². The van der Waals surface area contributed by atoms with Crippen molar-refractivity contribution in [1.82, 2.24) is 14.8 Å². The molecule has 0 spiro atoms. The number of carbonyl (C=O) groups is 6. The molecule has 21 heteroatoms.